The summed E-state index contributed by atoms with van der Waals surface area (Å²) in [5.41, 5.74) is 1.90. The van der Waals surface area contributed by atoms with Crippen molar-refractivity contribution in [3.05, 3.63) is 28.8 Å². The van der Waals surface area contributed by atoms with Crippen LogP contribution < -0.4 is 4.90 Å². The standard InChI is InChI=1S/C14H20ClNO2/c1-10(17)11-3-6-14(13(15)9-11)16(7-8-18-2)12-4-5-12/h3,6,9-10,12,17H,4-5,7-8H2,1-2H3/t10-/m1/s1. The second kappa shape index (κ2) is 5.91. The molecule has 1 atom stereocenters. The van der Waals surface area contributed by atoms with Gasteiger partial charge in [0.25, 0.3) is 0 Å². The Bertz CT molecular complexity index is 405. The molecule has 4 heteroatoms. The molecular formula is C14H20ClNO2. The summed E-state index contributed by atoms with van der Waals surface area (Å²) >= 11 is 6.33. The fraction of sp³-hybridized carbons (Fsp3) is 0.571. The van der Waals surface area contributed by atoms with Crippen molar-refractivity contribution in [1.29, 1.82) is 0 Å². The van der Waals surface area contributed by atoms with E-state index in [9.17, 15) is 5.11 Å². The third kappa shape index (κ3) is 3.16. The van der Waals surface area contributed by atoms with E-state index >= 15 is 0 Å². The first-order valence-corrected chi connectivity index (χ1v) is 6.74. The van der Waals surface area contributed by atoms with Crippen molar-refractivity contribution in [2.45, 2.75) is 31.9 Å². The van der Waals surface area contributed by atoms with Crippen LogP contribution in [0.3, 0.4) is 0 Å². The highest BCUT2D eigenvalue weighted by Gasteiger charge is 2.30. The van der Waals surface area contributed by atoms with Crippen LogP contribution in [0.1, 0.15) is 31.4 Å². The Kier molecular flexibility index (Phi) is 4.49. The molecule has 100 valence electrons. The molecule has 0 heterocycles. The van der Waals surface area contributed by atoms with Gasteiger partial charge in [0.15, 0.2) is 0 Å². The molecule has 0 spiro atoms. The molecule has 2 rings (SSSR count). The summed E-state index contributed by atoms with van der Waals surface area (Å²) < 4.78 is 5.15. The Hall–Kier alpha value is -0.770. The maximum atomic E-state index is 9.55. The Morgan fingerprint density at radius 2 is 2.22 bits per heavy atom. The second-order valence-electron chi connectivity index (χ2n) is 4.80. The minimum atomic E-state index is -0.482. The number of methoxy groups -OCH3 is 1. The minimum absolute atomic E-state index is 0.482. The summed E-state index contributed by atoms with van der Waals surface area (Å²) in [5.74, 6) is 0. The van der Waals surface area contributed by atoms with Crippen LogP contribution in [-0.4, -0.2) is 31.4 Å². The van der Waals surface area contributed by atoms with Crippen LogP contribution in [0.2, 0.25) is 5.02 Å². The van der Waals surface area contributed by atoms with Crippen LogP contribution in [0.25, 0.3) is 0 Å². The summed E-state index contributed by atoms with van der Waals surface area (Å²) in [6.45, 7) is 3.30. The average Bonchev–Trinajstić information content (AvgIpc) is 3.15. The number of benzene rings is 1. The van der Waals surface area contributed by atoms with E-state index in [0.717, 1.165) is 17.8 Å². The predicted molar refractivity (Wildman–Crippen MR) is 74.3 cm³/mol. The van der Waals surface area contributed by atoms with Crippen molar-refractivity contribution >= 4 is 17.3 Å². The van der Waals surface area contributed by atoms with Gasteiger partial charge in [0, 0.05) is 19.7 Å². The first-order valence-electron chi connectivity index (χ1n) is 6.36. The molecule has 1 aromatic rings. The quantitative estimate of drug-likeness (QED) is 0.862. The molecule has 1 aliphatic carbocycles. The number of nitrogens with zero attached hydrogens (tertiary/aromatic N) is 1. The zero-order valence-electron chi connectivity index (χ0n) is 10.9. The third-order valence-corrected chi connectivity index (χ3v) is 3.59. The first-order chi connectivity index (χ1) is 8.63. The molecule has 1 N–H and O–H groups in total. The largest absolute Gasteiger partial charge is 0.389 e. The van der Waals surface area contributed by atoms with Crippen molar-refractivity contribution in [3.63, 3.8) is 0 Å². The fourth-order valence-electron chi connectivity index (χ4n) is 2.09. The van der Waals surface area contributed by atoms with Crippen molar-refractivity contribution in [1.82, 2.24) is 0 Å². The lowest BCUT2D eigenvalue weighted by atomic mass is 10.1. The normalized spacial score (nSPS) is 16.7. The number of hydrogen-bond donors (Lipinski definition) is 1. The van der Waals surface area contributed by atoms with Gasteiger partial charge in [0.05, 0.1) is 23.4 Å². The molecule has 1 aromatic carbocycles. The molecule has 0 radical (unpaired) electrons. The van der Waals surface area contributed by atoms with Crippen molar-refractivity contribution in [2.75, 3.05) is 25.2 Å². The first kappa shape index (κ1) is 13.7. The van der Waals surface area contributed by atoms with Gasteiger partial charge in [-0.15, -0.1) is 0 Å². The number of halogens is 1. The topological polar surface area (TPSA) is 32.7 Å². The van der Waals surface area contributed by atoms with Crippen molar-refractivity contribution < 1.29 is 9.84 Å². The second-order valence-corrected chi connectivity index (χ2v) is 5.21. The number of rotatable bonds is 6. The Labute approximate surface area is 113 Å². The average molecular weight is 270 g/mol. The number of aliphatic hydroxyl groups excluding tert-OH is 1. The Balaban J connectivity index is 2.19. The molecule has 0 amide bonds. The Morgan fingerprint density at radius 1 is 1.50 bits per heavy atom. The summed E-state index contributed by atoms with van der Waals surface area (Å²) in [6.07, 6.45) is 1.96. The molecule has 1 saturated carbocycles. The summed E-state index contributed by atoms with van der Waals surface area (Å²) in [7, 11) is 1.71. The van der Waals surface area contributed by atoms with E-state index in [-0.39, 0.29) is 0 Å². The van der Waals surface area contributed by atoms with Gasteiger partial charge >= 0.3 is 0 Å². The predicted octanol–water partition coefficient (Wildman–Crippen LogP) is 3.01. The molecule has 3 nitrogen and oxygen atoms in total. The van der Waals surface area contributed by atoms with E-state index < -0.39 is 6.10 Å². The summed E-state index contributed by atoms with van der Waals surface area (Å²) in [4.78, 5) is 2.30. The van der Waals surface area contributed by atoms with Gasteiger partial charge in [-0.2, -0.15) is 0 Å². The lowest BCUT2D eigenvalue weighted by Crippen LogP contribution is -2.29. The molecule has 18 heavy (non-hydrogen) atoms. The van der Waals surface area contributed by atoms with E-state index in [1.54, 1.807) is 14.0 Å². The smallest absolute Gasteiger partial charge is 0.0762 e. The zero-order chi connectivity index (χ0) is 13.1. The zero-order valence-corrected chi connectivity index (χ0v) is 11.7. The lowest BCUT2D eigenvalue weighted by molar-refractivity contribution is 0.199. The van der Waals surface area contributed by atoms with E-state index in [2.05, 4.69) is 4.90 Å². The maximum absolute atomic E-state index is 9.55. The molecule has 0 unspecified atom stereocenters. The molecule has 1 aliphatic rings. The van der Waals surface area contributed by atoms with E-state index in [4.69, 9.17) is 16.3 Å². The lowest BCUT2D eigenvalue weighted by Gasteiger charge is -2.26. The van der Waals surface area contributed by atoms with Crippen LogP contribution >= 0.6 is 11.6 Å². The van der Waals surface area contributed by atoms with Gasteiger partial charge in [-0.25, -0.2) is 0 Å². The molecule has 0 bridgehead atoms. The van der Waals surface area contributed by atoms with Gasteiger partial charge in [0.1, 0.15) is 0 Å². The van der Waals surface area contributed by atoms with Gasteiger partial charge < -0.3 is 14.7 Å². The van der Waals surface area contributed by atoms with Gasteiger partial charge in [-0.3, -0.25) is 0 Å². The highest BCUT2D eigenvalue weighted by Crippen LogP contribution is 2.36. The summed E-state index contributed by atoms with van der Waals surface area (Å²) in [6, 6.07) is 6.38. The molecular weight excluding hydrogens is 250 g/mol. The highest BCUT2D eigenvalue weighted by atomic mass is 35.5. The monoisotopic (exact) mass is 269 g/mol. The van der Waals surface area contributed by atoms with Crippen LogP contribution in [0.15, 0.2) is 18.2 Å². The fourth-order valence-corrected chi connectivity index (χ4v) is 2.39. The van der Waals surface area contributed by atoms with Crippen LogP contribution in [0.4, 0.5) is 5.69 Å². The van der Waals surface area contributed by atoms with Crippen molar-refractivity contribution in [2.24, 2.45) is 0 Å². The SMILES string of the molecule is COCCN(c1ccc([C@@H](C)O)cc1Cl)C1CC1. The number of anilines is 1. The van der Waals surface area contributed by atoms with E-state index in [0.29, 0.717) is 17.7 Å². The summed E-state index contributed by atoms with van der Waals surface area (Å²) in [5, 5.41) is 10.3. The van der Waals surface area contributed by atoms with Crippen LogP contribution in [-0.2, 0) is 4.74 Å². The number of aliphatic hydroxyl groups is 1. The van der Waals surface area contributed by atoms with Crippen LogP contribution in [0.5, 0.6) is 0 Å². The van der Waals surface area contributed by atoms with Gasteiger partial charge in [0.2, 0.25) is 0 Å². The number of ether oxygens (including phenoxy) is 1. The van der Waals surface area contributed by atoms with Crippen molar-refractivity contribution in [3.8, 4) is 0 Å². The molecule has 0 saturated heterocycles. The minimum Gasteiger partial charge on any atom is -0.389 e. The van der Waals surface area contributed by atoms with E-state index in [1.165, 1.54) is 12.8 Å². The molecule has 1 fully saturated rings. The molecule has 0 aromatic heterocycles. The molecule has 0 aliphatic heterocycles. The van der Waals surface area contributed by atoms with Gasteiger partial charge in [-0.1, -0.05) is 17.7 Å². The van der Waals surface area contributed by atoms with Gasteiger partial charge in [-0.05, 0) is 37.5 Å². The maximum Gasteiger partial charge on any atom is 0.0762 e. The highest BCUT2D eigenvalue weighted by molar-refractivity contribution is 6.33. The third-order valence-electron chi connectivity index (χ3n) is 3.29. The Morgan fingerprint density at radius 3 is 2.72 bits per heavy atom. The van der Waals surface area contributed by atoms with E-state index in [1.807, 2.05) is 18.2 Å². The number of hydrogen-bond acceptors (Lipinski definition) is 3. The van der Waals surface area contributed by atoms with Crippen LogP contribution in [0, 0.1) is 0 Å².